The summed E-state index contributed by atoms with van der Waals surface area (Å²) in [7, 11) is 0. The monoisotopic (exact) mass is 407 g/mol. The number of nitrogens with zero attached hydrogens (tertiary/aromatic N) is 3. The van der Waals surface area contributed by atoms with Crippen molar-refractivity contribution in [3.05, 3.63) is 103 Å². The minimum absolute atomic E-state index is 1.03. The summed E-state index contributed by atoms with van der Waals surface area (Å²) in [4.78, 5) is 4.83. The largest absolute Gasteiger partial charge is 0.315 e. The van der Waals surface area contributed by atoms with Gasteiger partial charge in [-0.2, -0.15) is 0 Å². The van der Waals surface area contributed by atoms with Gasteiger partial charge in [-0.1, -0.05) is 54.6 Å². The zero-order valence-electron chi connectivity index (χ0n) is 17.2. The standard InChI is InChI=1S/C29H17N3/c1-2-8-19(9-3-1)32-24-13-7-5-11-21(24)26-25(32)16-18-14-15-31-28(18)27(26)22-17-30-23-12-6-4-10-20(23)29(22)31/h1-17H. The Bertz CT molecular complexity index is 1970. The highest BCUT2D eigenvalue weighted by Gasteiger charge is 2.22. The molecular formula is C29H17N3. The van der Waals surface area contributed by atoms with E-state index < -0.39 is 0 Å². The second kappa shape index (κ2) is 5.65. The van der Waals surface area contributed by atoms with Crippen LogP contribution in [0.5, 0.6) is 0 Å². The fourth-order valence-electron chi connectivity index (χ4n) is 5.63. The van der Waals surface area contributed by atoms with Gasteiger partial charge in [-0.05, 0) is 36.4 Å². The molecule has 148 valence electrons. The Morgan fingerprint density at radius 3 is 2.28 bits per heavy atom. The minimum Gasteiger partial charge on any atom is -0.315 e. The maximum absolute atomic E-state index is 4.83. The number of hydrogen-bond donors (Lipinski definition) is 0. The topological polar surface area (TPSA) is 22.2 Å². The van der Waals surface area contributed by atoms with Crippen LogP contribution in [0.25, 0.3) is 65.6 Å². The zero-order chi connectivity index (χ0) is 20.8. The number of hydrogen-bond acceptors (Lipinski definition) is 1. The lowest BCUT2D eigenvalue weighted by Gasteiger charge is -2.07. The first-order valence-corrected chi connectivity index (χ1v) is 10.9. The van der Waals surface area contributed by atoms with Gasteiger partial charge in [0.1, 0.15) is 0 Å². The fourth-order valence-corrected chi connectivity index (χ4v) is 5.63. The maximum atomic E-state index is 4.83. The molecule has 32 heavy (non-hydrogen) atoms. The molecule has 0 amide bonds. The molecular weight excluding hydrogens is 390 g/mol. The molecule has 8 aromatic rings. The average molecular weight is 407 g/mol. The molecule has 0 bridgehead atoms. The van der Waals surface area contributed by atoms with Gasteiger partial charge in [-0.3, -0.25) is 4.98 Å². The molecule has 4 heterocycles. The maximum Gasteiger partial charge on any atom is 0.0723 e. The van der Waals surface area contributed by atoms with Gasteiger partial charge in [0.05, 0.1) is 27.6 Å². The first kappa shape index (κ1) is 16.3. The van der Waals surface area contributed by atoms with Gasteiger partial charge in [0.25, 0.3) is 0 Å². The molecule has 3 heteroatoms. The van der Waals surface area contributed by atoms with Gasteiger partial charge in [-0.25, -0.2) is 0 Å². The van der Waals surface area contributed by atoms with Crippen molar-refractivity contribution in [1.29, 1.82) is 0 Å². The second-order valence-electron chi connectivity index (χ2n) is 8.50. The first-order valence-electron chi connectivity index (χ1n) is 10.9. The molecule has 0 aliphatic carbocycles. The predicted molar refractivity (Wildman–Crippen MR) is 133 cm³/mol. The summed E-state index contributed by atoms with van der Waals surface area (Å²) in [6.45, 7) is 0. The highest BCUT2D eigenvalue weighted by molar-refractivity contribution is 6.33. The molecule has 0 saturated heterocycles. The lowest BCUT2D eigenvalue weighted by Crippen LogP contribution is -1.92. The van der Waals surface area contributed by atoms with Crippen LogP contribution in [-0.2, 0) is 0 Å². The van der Waals surface area contributed by atoms with Crippen LogP contribution in [0.1, 0.15) is 0 Å². The Morgan fingerprint density at radius 1 is 0.594 bits per heavy atom. The highest BCUT2D eigenvalue weighted by Crippen LogP contribution is 2.44. The summed E-state index contributed by atoms with van der Waals surface area (Å²) < 4.78 is 4.75. The van der Waals surface area contributed by atoms with Crippen LogP contribution in [0.15, 0.2) is 103 Å². The number of benzene rings is 4. The van der Waals surface area contributed by atoms with Gasteiger partial charge in [0.15, 0.2) is 0 Å². The number of rotatable bonds is 1. The van der Waals surface area contributed by atoms with Crippen LogP contribution >= 0.6 is 0 Å². The number of pyridine rings is 1. The minimum atomic E-state index is 1.03. The van der Waals surface area contributed by atoms with Crippen molar-refractivity contribution in [1.82, 2.24) is 14.0 Å². The van der Waals surface area contributed by atoms with E-state index in [0.29, 0.717) is 0 Å². The van der Waals surface area contributed by atoms with Gasteiger partial charge in [-0.15, -0.1) is 0 Å². The van der Waals surface area contributed by atoms with Crippen molar-refractivity contribution in [2.45, 2.75) is 0 Å². The van der Waals surface area contributed by atoms with E-state index in [1.54, 1.807) is 0 Å². The Kier molecular flexibility index (Phi) is 2.89. The van der Waals surface area contributed by atoms with Gasteiger partial charge >= 0.3 is 0 Å². The summed E-state index contributed by atoms with van der Waals surface area (Å²) in [5.41, 5.74) is 7.19. The van der Waals surface area contributed by atoms with Crippen molar-refractivity contribution in [3.8, 4) is 5.69 Å². The van der Waals surface area contributed by atoms with E-state index in [9.17, 15) is 0 Å². The van der Waals surface area contributed by atoms with Gasteiger partial charge in [0, 0.05) is 50.4 Å². The van der Waals surface area contributed by atoms with E-state index >= 15 is 0 Å². The second-order valence-corrected chi connectivity index (χ2v) is 8.50. The van der Waals surface area contributed by atoms with Crippen molar-refractivity contribution in [2.75, 3.05) is 0 Å². The molecule has 3 nitrogen and oxygen atoms in total. The third-order valence-electron chi connectivity index (χ3n) is 6.88. The number of para-hydroxylation sites is 3. The summed E-state index contributed by atoms with van der Waals surface area (Å²) in [5, 5.41) is 7.53. The van der Waals surface area contributed by atoms with Crippen LogP contribution in [0.4, 0.5) is 0 Å². The number of aromatic nitrogens is 3. The Hall–Kier alpha value is -4.37. The van der Waals surface area contributed by atoms with Gasteiger partial charge in [0.2, 0.25) is 0 Å². The predicted octanol–water partition coefficient (Wildman–Crippen LogP) is 7.33. The van der Waals surface area contributed by atoms with E-state index in [1.165, 1.54) is 60.1 Å². The van der Waals surface area contributed by atoms with Crippen LogP contribution in [-0.4, -0.2) is 14.0 Å². The third kappa shape index (κ3) is 1.85. The molecule has 0 aliphatic rings. The lowest BCUT2D eigenvalue weighted by atomic mass is 10.0. The summed E-state index contributed by atoms with van der Waals surface area (Å²) in [6.07, 6.45) is 4.27. The van der Waals surface area contributed by atoms with E-state index in [1.807, 2.05) is 0 Å². The Labute approximate surface area is 183 Å². The summed E-state index contributed by atoms with van der Waals surface area (Å²) >= 11 is 0. The summed E-state index contributed by atoms with van der Waals surface area (Å²) in [6, 6.07) is 32.4. The smallest absolute Gasteiger partial charge is 0.0723 e. The van der Waals surface area contributed by atoms with Crippen molar-refractivity contribution in [3.63, 3.8) is 0 Å². The van der Waals surface area contributed by atoms with Crippen molar-refractivity contribution in [2.24, 2.45) is 0 Å². The zero-order valence-corrected chi connectivity index (χ0v) is 17.2. The van der Waals surface area contributed by atoms with Crippen LogP contribution in [0, 0.1) is 0 Å². The van der Waals surface area contributed by atoms with E-state index in [0.717, 1.165) is 5.52 Å². The van der Waals surface area contributed by atoms with Crippen LogP contribution in [0.2, 0.25) is 0 Å². The molecule has 0 radical (unpaired) electrons. The molecule has 0 atom stereocenters. The molecule has 0 aliphatic heterocycles. The van der Waals surface area contributed by atoms with E-state index in [2.05, 4.69) is 112 Å². The van der Waals surface area contributed by atoms with Crippen LogP contribution < -0.4 is 0 Å². The SMILES string of the molecule is c1ccc(-n2c3ccccc3c3c4c5cnc6ccccc6c5n5ccc(cc32)c45)cc1. The average Bonchev–Trinajstić information content (AvgIpc) is 3.51. The number of fused-ring (bicyclic) bond motifs is 9. The Balaban J connectivity index is 1.71. The molecule has 4 aromatic carbocycles. The molecule has 4 aromatic heterocycles. The highest BCUT2D eigenvalue weighted by atomic mass is 15.0. The third-order valence-corrected chi connectivity index (χ3v) is 6.88. The normalized spacial score (nSPS) is 12.4. The van der Waals surface area contributed by atoms with Crippen molar-refractivity contribution >= 4 is 59.9 Å². The fraction of sp³-hybridized carbons (Fsp3) is 0. The Morgan fingerprint density at radius 2 is 1.38 bits per heavy atom. The molecule has 0 spiro atoms. The molecule has 0 unspecified atom stereocenters. The van der Waals surface area contributed by atoms with Gasteiger partial charge < -0.3 is 8.97 Å². The molecule has 0 fully saturated rings. The molecule has 0 N–H and O–H groups in total. The molecule has 0 saturated carbocycles. The van der Waals surface area contributed by atoms with Crippen molar-refractivity contribution < 1.29 is 0 Å². The molecule has 8 rings (SSSR count). The quantitative estimate of drug-likeness (QED) is 0.279. The van der Waals surface area contributed by atoms with E-state index in [4.69, 9.17) is 4.98 Å². The van der Waals surface area contributed by atoms with E-state index in [-0.39, 0.29) is 0 Å². The first-order chi connectivity index (χ1) is 15.9. The van der Waals surface area contributed by atoms with Crippen LogP contribution in [0.3, 0.4) is 0 Å². The lowest BCUT2D eigenvalue weighted by molar-refractivity contribution is 1.18. The summed E-state index contributed by atoms with van der Waals surface area (Å²) in [5.74, 6) is 0.